The first-order valence-corrected chi connectivity index (χ1v) is 9.86. The van der Waals surface area contributed by atoms with Gasteiger partial charge in [0.05, 0.1) is 12.1 Å². The van der Waals surface area contributed by atoms with E-state index in [-0.39, 0.29) is 24.5 Å². The second-order valence-electron chi connectivity index (χ2n) is 7.17. The Labute approximate surface area is 178 Å². The fraction of sp³-hybridized carbons (Fsp3) is 0.318. The third kappa shape index (κ3) is 5.36. The number of carbonyl (C=O) groups excluding carboxylic acids is 3. The molecular formula is C22H23F2N3O4. The Morgan fingerprint density at radius 2 is 1.87 bits per heavy atom. The van der Waals surface area contributed by atoms with E-state index in [1.54, 1.807) is 24.3 Å². The molecule has 2 atom stereocenters. The van der Waals surface area contributed by atoms with Gasteiger partial charge in [0, 0.05) is 12.6 Å². The molecule has 0 bridgehead atoms. The zero-order valence-electron chi connectivity index (χ0n) is 17.2. The quantitative estimate of drug-likeness (QED) is 0.732. The molecule has 0 radical (unpaired) electrons. The number of benzene rings is 2. The van der Waals surface area contributed by atoms with Crippen molar-refractivity contribution in [1.82, 2.24) is 10.6 Å². The lowest BCUT2D eigenvalue weighted by Crippen LogP contribution is -2.55. The third-order valence-corrected chi connectivity index (χ3v) is 4.82. The van der Waals surface area contributed by atoms with E-state index in [2.05, 4.69) is 10.6 Å². The molecule has 0 saturated carbocycles. The Hall–Kier alpha value is -3.49. The molecule has 0 fully saturated rings. The number of fused-ring (bicyclic) bond motifs is 1. The van der Waals surface area contributed by atoms with Gasteiger partial charge in [0.15, 0.2) is 0 Å². The van der Waals surface area contributed by atoms with E-state index >= 15 is 0 Å². The van der Waals surface area contributed by atoms with Gasteiger partial charge in [0.2, 0.25) is 11.8 Å². The van der Waals surface area contributed by atoms with Gasteiger partial charge in [0.25, 0.3) is 5.91 Å². The van der Waals surface area contributed by atoms with Crippen molar-refractivity contribution in [1.29, 1.82) is 0 Å². The Morgan fingerprint density at radius 1 is 1.19 bits per heavy atom. The fourth-order valence-corrected chi connectivity index (χ4v) is 3.34. The number of nitrogens with zero attached hydrogens (tertiary/aromatic N) is 1. The second kappa shape index (κ2) is 9.55. The summed E-state index contributed by atoms with van der Waals surface area (Å²) < 4.78 is 32.2. The summed E-state index contributed by atoms with van der Waals surface area (Å²) in [6.07, 6.45) is -0.295. The first-order chi connectivity index (χ1) is 14.8. The van der Waals surface area contributed by atoms with Crippen LogP contribution in [-0.2, 0) is 20.8 Å². The molecule has 0 saturated heterocycles. The van der Waals surface area contributed by atoms with Crippen molar-refractivity contribution in [3.05, 3.63) is 59.7 Å². The van der Waals surface area contributed by atoms with Crippen LogP contribution < -0.4 is 20.3 Å². The van der Waals surface area contributed by atoms with E-state index in [9.17, 15) is 23.2 Å². The molecule has 0 aromatic heterocycles. The predicted octanol–water partition coefficient (Wildman–Crippen LogP) is 1.94. The summed E-state index contributed by atoms with van der Waals surface area (Å²) >= 11 is 0. The number of halogens is 2. The highest BCUT2D eigenvalue weighted by molar-refractivity contribution is 6.01. The van der Waals surface area contributed by atoms with E-state index in [0.29, 0.717) is 24.0 Å². The highest BCUT2D eigenvalue weighted by Gasteiger charge is 2.32. The molecule has 0 spiro atoms. The van der Waals surface area contributed by atoms with E-state index < -0.39 is 35.5 Å². The highest BCUT2D eigenvalue weighted by atomic mass is 19.1. The van der Waals surface area contributed by atoms with Gasteiger partial charge in [-0.25, -0.2) is 8.78 Å². The normalized spacial score (nSPS) is 16.6. The molecular weight excluding hydrogens is 408 g/mol. The van der Waals surface area contributed by atoms with Crippen LogP contribution in [0, 0.1) is 11.6 Å². The highest BCUT2D eigenvalue weighted by Crippen LogP contribution is 2.30. The van der Waals surface area contributed by atoms with Gasteiger partial charge in [-0.2, -0.15) is 0 Å². The maximum absolute atomic E-state index is 13.3. The molecule has 1 aliphatic rings. The molecule has 1 heterocycles. The van der Waals surface area contributed by atoms with Crippen LogP contribution in [0.25, 0.3) is 0 Å². The molecule has 7 nitrogen and oxygen atoms in total. The van der Waals surface area contributed by atoms with Crippen molar-refractivity contribution >= 4 is 23.4 Å². The van der Waals surface area contributed by atoms with E-state index in [1.165, 1.54) is 11.8 Å². The van der Waals surface area contributed by atoms with Crippen LogP contribution in [0.5, 0.6) is 5.75 Å². The van der Waals surface area contributed by atoms with Crippen molar-refractivity contribution in [2.75, 3.05) is 18.1 Å². The minimum atomic E-state index is -0.973. The van der Waals surface area contributed by atoms with Gasteiger partial charge in [-0.05, 0) is 43.7 Å². The summed E-state index contributed by atoms with van der Waals surface area (Å²) in [5.41, 5.74) is 0.765. The molecule has 164 valence electrons. The lowest BCUT2D eigenvalue weighted by Gasteiger charge is -2.24. The Bertz CT molecular complexity index is 978. The molecule has 2 N–H and O–H groups in total. The Balaban J connectivity index is 1.61. The molecule has 2 aromatic carbocycles. The number of likely N-dealkylation sites (N-methyl/N-ethyl adjacent to an activating group) is 1. The van der Waals surface area contributed by atoms with Crippen molar-refractivity contribution in [2.45, 2.75) is 32.4 Å². The summed E-state index contributed by atoms with van der Waals surface area (Å²) in [5, 5.41) is 5.07. The average molecular weight is 431 g/mol. The van der Waals surface area contributed by atoms with Gasteiger partial charge in [0.1, 0.15) is 36.1 Å². The van der Waals surface area contributed by atoms with Gasteiger partial charge >= 0.3 is 0 Å². The largest absolute Gasteiger partial charge is 0.489 e. The third-order valence-electron chi connectivity index (χ3n) is 4.82. The SMILES string of the molecule is CCN1C(=O)[C@@H](NC(=O)[C@H](C)NC(=O)Cc2cc(F)cc(F)c2)COc2ccccc21. The van der Waals surface area contributed by atoms with Crippen molar-refractivity contribution < 1.29 is 27.9 Å². The molecule has 31 heavy (non-hydrogen) atoms. The molecule has 3 rings (SSSR count). The topological polar surface area (TPSA) is 87.7 Å². The second-order valence-corrected chi connectivity index (χ2v) is 7.17. The number of para-hydroxylation sites is 2. The van der Waals surface area contributed by atoms with Crippen molar-refractivity contribution in [3.8, 4) is 5.75 Å². The van der Waals surface area contributed by atoms with Crippen LogP contribution in [-0.4, -0.2) is 43.0 Å². The zero-order valence-corrected chi connectivity index (χ0v) is 17.2. The van der Waals surface area contributed by atoms with Gasteiger partial charge in [-0.1, -0.05) is 12.1 Å². The van der Waals surface area contributed by atoms with Crippen LogP contribution in [0.4, 0.5) is 14.5 Å². The molecule has 1 aliphatic heterocycles. The zero-order chi connectivity index (χ0) is 22.5. The molecule has 2 aromatic rings. The predicted molar refractivity (Wildman–Crippen MR) is 110 cm³/mol. The molecule has 3 amide bonds. The average Bonchev–Trinajstić information content (AvgIpc) is 2.83. The molecule has 9 heteroatoms. The van der Waals surface area contributed by atoms with Crippen LogP contribution in [0.2, 0.25) is 0 Å². The first kappa shape index (κ1) is 22.2. The van der Waals surface area contributed by atoms with E-state index in [0.717, 1.165) is 12.1 Å². The summed E-state index contributed by atoms with van der Waals surface area (Å²) in [7, 11) is 0. The van der Waals surface area contributed by atoms with Gasteiger partial charge in [-0.15, -0.1) is 0 Å². The van der Waals surface area contributed by atoms with E-state index in [4.69, 9.17) is 4.74 Å². The van der Waals surface area contributed by atoms with Crippen LogP contribution in [0.3, 0.4) is 0 Å². The summed E-state index contributed by atoms with van der Waals surface area (Å²) in [5.74, 6) is -2.53. The number of carbonyl (C=O) groups is 3. The summed E-state index contributed by atoms with van der Waals surface area (Å²) in [4.78, 5) is 39.2. The minimum absolute atomic E-state index is 0.0542. The van der Waals surface area contributed by atoms with Crippen molar-refractivity contribution in [2.24, 2.45) is 0 Å². The number of anilines is 1. The minimum Gasteiger partial charge on any atom is -0.489 e. The van der Waals surface area contributed by atoms with Gasteiger partial charge < -0.3 is 20.3 Å². The maximum Gasteiger partial charge on any atom is 0.253 e. The van der Waals surface area contributed by atoms with Crippen LogP contribution in [0.1, 0.15) is 19.4 Å². The number of hydrogen-bond donors (Lipinski definition) is 2. The number of rotatable bonds is 6. The number of hydrogen-bond acceptors (Lipinski definition) is 4. The Morgan fingerprint density at radius 3 is 2.55 bits per heavy atom. The lowest BCUT2D eigenvalue weighted by atomic mass is 10.1. The monoisotopic (exact) mass is 431 g/mol. The number of nitrogens with one attached hydrogen (secondary N) is 2. The fourth-order valence-electron chi connectivity index (χ4n) is 3.34. The van der Waals surface area contributed by atoms with Crippen LogP contribution in [0.15, 0.2) is 42.5 Å². The van der Waals surface area contributed by atoms with Crippen molar-refractivity contribution in [3.63, 3.8) is 0 Å². The van der Waals surface area contributed by atoms with Crippen LogP contribution >= 0.6 is 0 Å². The summed E-state index contributed by atoms with van der Waals surface area (Å²) in [6, 6.07) is 7.99. The lowest BCUT2D eigenvalue weighted by molar-refractivity contribution is -0.131. The number of ether oxygens (including phenoxy) is 1. The maximum atomic E-state index is 13.3. The Kier molecular flexibility index (Phi) is 6.84. The van der Waals surface area contributed by atoms with Gasteiger partial charge in [-0.3, -0.25) is 14.4 Å². The van der Waals surface area contributed by atoms with E-state index in [1.807, 2.05) is 6.92 Å². The molecule has 0 aliphatic carbocycles. The standard InChI is InChI=1S/C22H23F2N3O4/c1-3-27-18-6-4-5-7-19(18)31-12-17(22(27)30)26-21(29)13(2)25-20(28)10-14-8-15(23)11-16(24)9-14/h4-9,11,13,17H,3,10,12H2,1-2H3,(H,25,28)(H,26,29)/t13-,17-/m0/s1. The molecule has 0 unspecified atom stereocenters. The number of amides is 3. The first-order valence-electron chi connectivity index (χ1n) is 9.86. The summed E-state index contributed by atoms with van der Waals surface area (Å²) in [6.45, 7) is 3.61. The smallest absolute Gasteiger partial charge is 0.253 e.